The van der Waals surface area contributed by atoms with Crippen molar-refractivity contribution in [3.05, 3.63) is 64.9 Å². The zero-order valence-electron chi connectivity index (χ0n) is 14.3. The van der Waals surface area contributed by atoms with E-state index in [1.807, 2.05) is 30.3 Å². The first-order chi connectivity index (χ1) is 12.4. The highest BCUT2D eigenvalue weighted by atomic mass is 35.5. The van der Waals surface area contributed by atoms with Crippen LogP contribution in [0.5, 0.6) is 0 Å². The maximum Gasteiger partial charge on any atom is 0.374 e. The lowest BCUT2D eigenvalue weighted by atomic mass is 10.1. The average Bonchev–Trinajstić information content (AvgIpc) is 2.98. The number of carbonyl (C=O) groups is 2. The lowest BCUT2D eigenvalue weighted by Gasteiger charge is -2.26. The van der Waals surface area contributed by atoms with Gasteiger partial charge in [-0.3, -0.25) is 4.90 Å². The summed E-state index contributed by atoms with van der Waals surface area (Å²) >= 11 is 6.08. The Labute approximate surface area is 155 Å². The summed E-state index contributed by atoms with van der Waals surface area (Å²) in [6, 6.07) is 13.8. The molecule has 3 aromatic rings. The molecule has 3 rings (SSSR count). The predicted octanol–water partition coefficient (Wildman–Crippen LogP) is 4.47. The van der Waals surface area contributed by atoms with Crippen LogP contribution in [0.3, 0.4) is 0 Å². The summed E-state index contributed by atoms with van der Waals surface area (Å²) in [5, 5.41) is 10.5. The number of carboxylic acids is 1. The molecule has 134 valence electrons. The molecule has 2 aromatic carbocycles. The quantitative estimate of drug-likeness (QED) is 0.733. The lowest BCUT2D eigenvalue weighted by molar-refractivity contribution is 0.0666. The smallest absolute Gasteiger partial charge is 0.374 e. The van der Waals surface area contributed by atoms with Crippen molar-refractivity contribution in [2.75, 3.05) is 19.0 Å². The summed E-state index contributed by atoms with van der Waals surface area (Å²) in [7, 11) is 3.21. The van der Waals surface area contributed by atoms with Gasteiger partial charge in [0.15, 0.2) is 0 Å². The first-order valence-electron chi connectivity index (χ1n) is 7.86. The SMILES string of the molecule is CN(C)C(=O)N(Cc1ccccc1)c1c(C(=O)O)oc2ccc(Cl)cc12. The number of hydrogen-bond donors (Lipinski definition) is 1. The van der Waals surface area contributed by atoms with Crippen molar-refractivity contribution in [2.24, 2.45) is 0 Å². The normalized spacial score (nSPS) is 10.7. The molecule has 2 amide bonds. The number of aromatic carboxylic acids is 1. The summed E-state index contributed by atoms with van der Waals surface area (Å²) in [4.78, 5) is 27.4. The van der Waals surface area contributed by atoms with Crippen LogP contribution < -0.4 is 4.90 Å². The van der Waals surface area contributed by atoms with Crippen LogP contribution >= 0.6 is 11.6 Å². The molecular weight excluding hydrogens is 356 g/mol. The van der Waals surface area contributed by atoms with E-state index >= 15 is 0 Å². The fourth-order valence-corrected chi connectivity index (χ4v) is 2.89. The van der Waals surface area contributed by atoms with E-state index in [1.165, 1.54) is 9.80 Å². The molecule has 1 heterocycles. The van der Waals surface area contributed by atoms with Crippen molar-refractivity contribution in [3.63, 3.8) is 0 Å². The van der Waals surface area contributed by atoms with E-state index in [0.717, 1.165) is 5.56 Å². The van der Waals surface area contributed by atoms with Gasteiger partial charge in [-0.15, -0.1) is 0 Å². The second-order valence-corrected chi connectivity index (χ2v) is 6.41. The fourth-order valence-electron chi connectivity index (χ4n) is 2.72. The van der Waals surface area contributed by atoms with Crippen LogP contribution in [0.25, 0.3) is 11.0 Å². The first kappa shape index (κ1) is 17.8. The van der Waals surface area contributed by atoms with Gasteiger partial charge in [0, 0.05) is 24.5 Å². The van der Waals surface area contributed by atoms with Crippen molar-refractivity contribution in [2.45, 2.75) is 6.54 Å². The van der Waals surface area contributed by atoms with Gasteiger partial charge in [-0.05, 0) is 23.8 Å². The maximum absolute atomic E-state index is 12.8. The molecular formula is C19H17ClN2O4. The van der Waals surface area contributed by atoms with E-state index in [1.54, 1.807) is 32.3 Å². The second-order valence-electron chi connectivity index (χ2n) is 5.97. The predicted molar refractivity (Wildman–Crippen MR) is 99.9 cm³/mol. The average molecular weight is 373 g/mol. The molecule has 0 aliphatic carbocycles. The Morgan fingerprint density at radius 1 is 1.12 bits per heavy atom. The van der Waals surface area contributed by atoms with Gasteiger partial charge in [0.05, 0.1) is 6.54 Å². The second kappa shape index (κ2) is 7.09. The highest BCUT2D eigenvalue weighted by Gasteiger charge is 2.29. The Hall–Kier alpha value is -2.99. The van der Waals surface area contributed by atoms with Gasteiger partial charge in [-0.1, -0.05) is 41.9 Å². The number of furan rings is 1. The van der Waals surface area contributed by atoms with E-state index < -0.39 is 5.97 Å². The van der Waals surface area contributed by atoms with Crippen LogP contribution in [0.2, 0.25) is 5.02 Å². The standard InChI is InChI=1S/C19H17ClN2O4/c1-21(2)19(25)22(11-12-6-4-3-5-7-12)16-14-10-13(20)8-9-15(14)26-17(16)18(23)24/h3-10H,11H2,1-2H3,(H,23,24). The van der Waals surface area contributed by atoms with Crippen LogP contribution in [0.4, 0.5) is 10.5 Å². The van der Waals surface area contributed by atoms with E-state index in [9.17, 15) is 14.7 Å². The summed E-state index contributed by atoms with van der Waals surface area (Å²) in [5.41, 5.74) is 1.40. The van der Waals surface area contributed by atoms with Gasteiger partial charge in [0.2, 0.25) is 5.76 Å². The van der Waals surface area contributed by atoms with Gasteiger partial charge < -0.3 is 14.4 Å². The zero-order valence-corrected chi connectivity index (χ0v) is 15.0. The molecule has 0 aliphatic rings. The Balaban J connectivity index is 2.22. The van der Waals surface area contributed by atoms with Crippen molar-refractivity contribution in [3.8, 4) is 0 Å². The molecule has 0 atom stereocenters. The molecule has 26 heavy (non-hydrogen) atoms. The van der Waals surface area contributed by atoms with E-state index in [0.29, 0.717) is 16.0 Å². The molecule has 0 fully saturated rings. The van der Waals surface area contributed by atoms with Crippen LogP contribution in [0.1, 0.15) is 16.1 Å². The topological polar surface area (TPSA) is 74.0 Å². The largest absolute Gasteiger partial charge is 0.475 e. The third-order valence-electron chi connectivity index (χ3n) is 3.88. The fraction of sp³-hybridized carbons (Fsp3) is 0.158. The molecule has 0 aliphatic heterocycles. The van der Waals surface area contributed by atoms with Crippen molar-refractivity contribution >= 4 is 40.3 Å². The summed E-state index contributed by atoms with van der Waals surface area (Å²) in [5.74, 6) is -1.55. The monoisotopic (exact) mass is 372 g/mol. The number of rotatable bonds is 4. The lowest BCUT2D eigenvalue weighted by Crippen LogP contribution is -2.39. The summed E-state index contributed by atoms with van der Waals surface area (Å²) < 4.78 is 5.49. The Morgan fingerprint density at radius 2 is 1.81 bits per heavy atom. The Bertz CT molecular complexity index is 966. The molecule has 0 unspecified atom stereocenters. The van der Waals surface area contributed by atoms with Crippen LogP contribution in [-0.2, 0) is 6.54 Å². The maximum atomic E-state index is 12.8. The molecule has 1 aromatic heterocycles. The highest BCUT2D eigenvalue weighted by Crippen LogP contribution is 2.37. The number of anilines is 1. The van der Waals surface area contributed by atoms with E-state index in [-0.39, 0.29) is 24.0 Å². The number of carboxylic acid groups (broad SMARTS) is 1. The van der Waals surface area contributed by atoms with Gasteiger partial charge in [0.1, 0.15) is 11.3 Å². The number of benzene rings is 2. The van der Waals surface area contributed by atoms with Crippen LogP contribution in [0, 0.1) is 0 Å². The minimum absolute atomic E-state index is 0.192. The van der Waals surface area contributed by atoms with Crippen LogP contribution in [-0.4, -0.2) is 36.1 Å². The first-order valence-corrected chi connectivity index (χ1v) is 8.24. The molecule has 6 nitrogen and oxygen atoms in total. The third-order valence-corrected chi connectivity index (χ3v) is 4.12. The van der Waals surface area contributed by atoms with Gasteiger partial charge in [-0.25, -0.2) is 9.59 Å². The molecule has 0 saturated carbocycles. The molecule has 0 radical (unpaired) electrons. The molecule has 0 saturated heterocycles. The van der Waals surface area contributed by atoms with Gasteiger partial charge in [-0.2, -0.15) is 0 Å². The third kappa shape index (κ3) is 3.36. The van der Waals surface area contributed by atoms with Crippen molar-refractivity contribution in [1.29, 1.82) is 0 Å². The molecule has 7 heteroatoms. The number of fused-ring (bicyclic) bond motifs is 1. The number of carbonyl (C=O) groups excluding carboxylic acids is 1. The van der Waals surface area contributed by atoms with Gasteiger partial charge >= 0.3 is 12.0 Å². The number of urea groups is 1. The minimum Gasteiger partial charge on any atom is -0.475 e. The van der Waals surface area contributed by atoms with E-state index in [4.69, 9.17) is 16.0 Å². The number of hydrogen-bond acceptors (Lipinski definition) is 3. The van der Waals surface area contributed by atoms with E-state index in [2.05, 4.69) is 0 Å². The number of amides is 2. The minimum atomic E-state index is -1.25. The Morgan fingerprint density at radius 3 is 2.42 bits per heavy atom. The van der Waals surface area contributed by atoms with Crippen molar-refractivity contribution < 1.29 is 19.1 Å². The molecule has 0 bridgehead atoms. The molecule has 0 spiro atoms. The highest BCUT2D eigenvalue weighted by molar-refractivity contribution is 6.31. The zero-order chi connectivity index (χ0) is 18.8. The van der Waals surface area contributed by atoms with Crippen molar-refractivity contribution in [1.82, 2.24) is 4.90 Å². The van der Waals surface area contributed by atoms with Gasteiger partial charge in [0.25, 0.3) is 0 Å². The molecule has 1 N–H and O–H groups in total. The summed E-state index contributed by atoms with van der Waals surface area (Å²) in [6.07, 6.45) is 0. The van der Waals surface area contributed by atoms with Crippen LogP contribution in [0.15, 0.2) is 52.9 Å². The summed E-state index contributed by atoms with van der Waals surface area (Å²) in [6.45, 7) is 0.194. The number of nitrogens with zero attached hydrogens (tertiary/aromatic N) is 2. The Kier molecular flexibility index (Phi) is 4.86. The number of halogens is 1.